The molecule has 0 bridgehead atoms. The highest BCUT2D eigenvalue weighted by Gasteiger charge is 2.54. The summed E-state index contributed by atoms with van der Waals surface area (Å²) in [6.07, 6.45) is 29.6. The molecule has 1 saturated carbocycles. The van der Waals surface area contributed by atoms with E-state index in [1.165, 1.54) is 44.6 Å². The van der Waals surface area contributed by atoms with E-state index in [-0.39, 0.29) is 31.5 Å². The van der Waals surface area contributed by atoms with E-state index in [1.807, 2.05) is 12.2 Å². The third kappa shape index (κ3) is 32.6. The summed E-state index contributed by atoms with van der Waals surface area (Å²) in [6, 6.07) is 0. The van der Waals surface area contributed by atoms with E-state index in [4.69, 9.17) is 18.5 Å². The van der Waals surface area contributed by atoms with Gasteiger partial charge in [0.15, 0.2) is 11.9 Å². The molecule has 0 aliphatic heterocycles. The molecule has 0 radical (unpaired) electrons. The molecule has 8 atom stereocenters. The van der Waals surface area contributed by atoms with Crippen LogP contribution in [0.1, 0.15) is 149 Å². The number of esters is 2. The molecule has 1 aliphatic carbocycles. The van der Waals surface area contributed by atoms with E-state index >= 15 is 0 Å². The average Bonchev–Trinajstić information content (AvgIpc) is 3.29. The Hall–Kier alpha value is -3.15. The van der Waals surface area contributed by atoms with Gasteiger partial charge in [-0.25, -0.2) is 9.13 Å². The lowest BCUT2D eigenvalue weighted by Gasteiger charge is -2.43. The summed E-state index contributed by atoms with van der Waals surface area (Å²) >= 11 is 0. The molecule has 1 aliphatic rings. The Kier molecular flexibility index (Phi) is 35.7. The number of unbranched alkanes of at least 4 members (excludes halogenated alkanes) is 10. The van der Waals surface area contributed by atoms with Crippen LogP contribution in [0, 0.1) is 0 Å². The van der Waals surface area contributed by atoms with E-state index in [0.29, 0.717) is 12.8 Å². The zero-order chi connectivity index (χ0) is 50.5. The van der Waals surface area contributed by atoms with Gasteiger partial charge in [0.05, 0.1) is 6.61 Å². The number of phosphoric acid groups is 2. The maximum atomic E-state index is 13.0. The van der Waals surface area contributed by atoms with Crippen molar-refractivity contribution in [1.29, 1.82) is 0 Å². The van der Waals surface area contributed by atoms with E-state index in [9.17, 15) is 58.6 Å². The second-order valence-corrected chi connectivity index (χ2v) is 19.1. The van der Waals surface area contributed by atoms with Gasteiger partial charge in [-0.3, -0.25) is 28.0 Å². The molecule has 68 heavy (non-hydrogen) atoms. The Bertz CT molecular complexity index is 1700. The fourth-order valence-electron chi connectivity index (χ4n) is 6.63. The van der Waals surface area contributed by atoms with Gasteiger partial charge < -0.3 is 44.6 Å². The fourth-order valence-corrected chi connectivity index (χ4v) is 8.17. The predicted molar refractivity (Wildman–Crippen MR) is 260 cm³/mol. The number of phosphoric ester groups is 2. The lowest BCUT2D eigenvalue weighted by molar-refractivity contribution is -0.216. The summed E-state index contributed by atoms with van der Waals surface area (Å²) in [6.45, 7) is 2.82. The monoisotopic (exact) mass is 1000 g/mol. The normalized spacial score (nSPS) is 21.9. The fraction of sp³-hybridized carbons (Fsp3) is 0.653. The van der Waals surface area contributed by atoms with Gasteiger partial charge >= 0.3 is 27.6 Å². The molecule has 0 aromatic heterocycles. The molecule has 19 heteroatoms. The summed E-state index contributed by atoms with van der Waals surface area (Å²) in [4.78, 5) is 66.6. The van der Waals surface area contributed by atoms with Crippen LogP contribution in [0.25, 0.3) is 0 Å². The molecule has 1 fully saturated rings. The van der Waals surface area contributed by atoms with Gasteiger partial charge in [-0.2, -0.15) is 0 Å². The summed E-state index contributed by atoms with van der Waals surface area (Å²) in [7, 11) is -10.8. The summed E-state index contributed by atoms with van der Waals surface area (Å²) in [5, 5.41) is 41.2. The SMILES string of the molecule is CCCCC/C=C\C/C=C\C/C=C\C=C\C(=O)CCCC(=O)O[C@H](COC(=O)CCCCCC/C=C\C/C=C\C/C=C\CCCCC)COP(=O)(O)O[C@H]1C(O)C(O)C(O)[C@@H](OP(=O)(O)O)C1O. The minimum Gasteiger partial charge on any atom is -0.462 e. The Morgan fingerprint density at radius 2 is 1.00 bits per heavy atom. The van der Waals surface area contributed by atoms with Gasteiger partial charge in [0, 0.05) is 19.3 Å². The molecular weight excluding hydrogens is 922 g/mol. The minimum atomic E-state index is -5.40. The van der Waals surface area contributed by atoms with Crippen molar-refractivity contribution < 1.29 is 81.7 Å². The molecule has 0 saturated heterocycles. The van der Waals surface area contributed by atoms with E-state index in [2.05, 4.69) is 73.1 Å². The first-order valence-electron chi connectivity index (χ1n) is 24.1. The molecule has 0 heterocycles. The molecule has 0 aromatic rings. The van der Waals surface area contributed by atoms with Crippen LogP contribution in [0.15, 0.2) is 85.1 Å². The van der Waals surface area contributed by atoms with Crippen molar-refractivity contribution in [2.24, 2.45) is 0 Å². The zero-order valence-corrected chi connectivity index (χ0v) is 41.8. The molecule has 17 nitrogen and oxygen atoms in total. The number of ether oxygens (including phenoxy) is 2. The number of hydrogen-bond donors (Lipinski definition) is 7. The molecule has 1 rings (SSSR count). The Morgan fingerprint density at radius 3 is 1.54 bits per heavy atom. The van der Waals surface area contributed by atoms with Gasteiger partial charge in [0.2, 0.25) is 0 Å². The number of ketones is 1. The Morgan fingerprint density at radius 1 is 0.515 bits per heavy atom. The molecule has 0 amide bonds. The second kappa shape index (κ2) is 38.6. The van der Waals surface area contributed by atoms with Crippen molar-refractivity contribution in [3.05, 3.63) is 85.1 Å². The van der Waals surface area contributed by atoms with Gasteiger partial charge in [-0.15, -0.1) is 0 Å². The first-order chi connectivity index (χ1) is 32.5. The van der Waals surface area contributed by atoms with Gasteiger partial charge in [0.1, 0.15) is 43.2 Å². The third-order valence-corrected chi connectivity index (χ3v) is 11.9. The first kappa shape index (κ1) is 62.9. The molecule has 388 valence electrons. The van der Waals surface area contributed by atoms with Gasteiger partial charge in [-0.1, -0.05) is 131 Å². The van der Waals surface area contributed by atoms with Crippen molar-refractivity contribution in [3.63, 3.8) is 0 Å². The van der Waals surface area contributed by atoms with Crippen molar-refractivity contribution >= 4 is 33.4 Å². The zero-order valence-electron chi connectivity index (χ0n) is 40.0. The van der Waals surface area contributed by atoms with Gasteiger partial charge in [0.25, 0.3) is 0 Å². The topological polar surface area (TPSA) is 273 Å². The number of carbonyl (C=O) groups is 3. The smallest absolute Gasteiger partial charge is 0.462 e. The van der Waals surface area contributed by atoms with Crippen LogP contribution < -0.4 is 0 Å². The van der Waals surface area contributed by atoms with Crippen LogP contribution >= 0.6 is 15.6 Å². The van der Waals surface area contributed by atoms with Gasteiger partial charge in [-0.05, 0) is 83.1 Å². The number of carbonyl (C=O) groups excluding carboxylic acids is 3. The van der Waals surface area contributed by atoms with E-state index in [1.54, 1.807) is 12.2 Å². The third-order valence-electron chi connectivity index (χ3n) is 10.4. The lowest BCUT2D eigenvalue weighted by Crippen LogP contribution is -2.64. The number of aliphatic hydroxyl groups is 4. The highest BCUT2D eigenvalue weighted by atomic mass is 31.2. The van der Waals surface area contributed by atoms with Crippen molar-refractivity contribution in [3.8, 4) is 0 Å². The quantitative estimate of drug-likeness (QED) is 0.00758. The maximum absolute atomic E-state index is 13.0. The highest BCUT2D eigenvalue weighted by molar-refractivity contribution is 7.47. The van der Waals surface area contributed by atoms with Crippen LogP contribution in [0.2, 0.25) is 0 Å². The highest BCUT2D eigenvalue weighted by Crippen LogP contribution is 2.49. The average molecular weight is 1000 g/mol. The standard InChI is InChI=1S/C49H80O17P2/c1-3-5-7-9-11-13-15-17-18-19-20-22-24-26-28-30-32-36-42(51)62-38-41(39-63-68(60,61)66-49-46(55)44(53)45(54)48(47(49)56)65-67(57,58)59)64-43(52)37-33-35-40(50)34-31-29-27-25-23-21-16-14-12-10-8-6-4-2/h11-14,17-18,20-23,27,29,31,34,41,44-49,53-56H,3-10,15-16,19,24-26,28,30,32-33,35-39H2,1-2H3,(H,60,61)(H2,57,58,59)/b13-11-,14-12-,18-17-,22-20-,23-21-,29-27-,34-31+/t41-,44?,45?,46?,47?,48-,49+/m1/s1. The predicted octanol–water partition coefficient (Wildman–Crippen LogP) is 8.57. The molecule has 0 aromatic carbocycles. The summed E-state index contributed by atoms with van der Waals surface area (Å²) in [5.74, 6) is -1.74. The Labute approximate surface area is 403 Å². The number of aliphatic hydroxyl groups excluding tert-OH is 4. The number of rotatable bonds is 39. The second-order valence-electron chi connectivity index (χ2n) is 16.5. The first-order valence-corrected chi connectivity index (χ1v) is 27.1. The van der Waals surface area contributed by atoms with E-state index < -0.39 is 83.5 Å². The molecule has 5 unspecified atom stereocenters. The largest absolute Gasteiger partial charge is 0.472 e. The number of hydrogen-bond acceptors (Lipinski definition) is 14. The van der Waals surface area contributed by atoms with Crippen molar-refractivity contribution in [2.75, 3.05) is 13.2 Å². The van der Waals surface area contributed by atoms with E-state index in [0.717, 1.165) is 57.8 Å². The van der Waals surface area contributed by atoms with Crippen molar-refractivity contribution in [2.45, 2.75) is 191 Å². The Balaban J connectivity index is 2.70. The van der Waals surface area contributed by atoms with Crippen LogP contribution in [0.4, 0.5) is 0 Å². The molecular formula is C49H80O17P2. The van der Waals surface area contributed by atoms with Crippen LogP contribution in [-0.2, 0) is 46.6 Å². The minimum absolute atomic E-state index is 0.00405. The lowest BCUT2D eigenvalue weighted by atomic mass is 9.85. The van der Waals surface area contributed by atoms with Crippen LogP contribution in [-0.4, -0.2) is 109 Å². The van der Waals surface area contributed by atoms with Crippen molar-refractivity contribution in [1.82, 2.24) is 0 Å². The molecule has 7 N–H and O–H groups in total. The summed E-state index contributed by atoms with van der Waals surface area (Å²) < 4.78 is 49.1. The summed E-state index contributed by atoms with van der Waals surface area (Å²) in [5.41, 5.74) is 0. The maximum Gasteiger partial charge on any atom is 0.472 e. The van der Waals surface area contributed by atoms with Crippen LogP contribution in [0.5, 0.6) is 0 Å². The molecule has 0 spiro atoms. The van der Waals surface area contributed by atoms with Crippen LogP contribution in [0.3, 0.4) is 0 Å². The number of allylic oxidation sites excluding steroid dienone is 14.